The Balaban J connectivity index is 1.52. The molecule has 3 aromatic carbocycles. The number of aryl methyl sites for hydroxylation is 1. The van der Waals surface area contributed by atoms with E-state index in [0.29, 0.717) is 24.0 Å². The molecule has 0 radical (unpaired) electrons. The van der Waals surface area contributed by atoms with Gasteiger partial charge in [0.1, 0.15) is 11.4 Å². The molecule has 2 aliphatic rings. The van der Waals surface area contributed by atoms with Crippen molar-refractivity contribution in [2.45, 2.75) is 56.8 Å². The molecular weight excluding hydrogens is 573 g/mol. The first-order valence-corrected chi connectivity index (χ1v) is 14.6. The van der Waals surface area contributed by atoms with Crippen LogP contribution < -0.4 is 10.2 Å². The molecule has 0 bridgehead atoms. The van der Waals surface area contributed by atoms with Crippen molar-refractivity contribution in [3.05, 3.63) is 93.0 Å². The van der Waals surface area contributed by atoms with Crippen LogP contribution in [0.1, 0.15) is 58.9 Å². The van der Waals surface area contributed by atoms with Gasteiger partial charge in [-0.3, -0.25) is 4.79 Å². The standard InChI is InChI=1S/C30H25F3N2O6S/c1-15-3-9-20(10-4-15)42(39,40)35-13-18-6-5-17(11-21(18)16(35)2)25-24(31)12-22-26(28(25)41-30(32)33)34(19-7-8-19)14-23(27(22)36)29(37)38/h3-6,9-12,14,16,19,30H,7-8,13H2,1-2H3,(H,37,38). The van der Waals surface area contributed by atoms with E-state index in [1.807, 2.05) is 6.92 Å². The molecule has 1 saturated carbocycles. The molecule has 0 spiro atoms. The topological polar surface area (TPSA) is 106 Å². The average molecular weight is 599 g/mol. The molecule has 1 aliphatic heterocycles. The number of fused-ring (bicyclic) bond motifs is 2. The number of aromatic carboxylic acids is 1. The highest BCUT2D eigenvalue weighted by molar-refractivity contribution is 7.89. The lowest BCUT2D eigenvalue weighted by Gasteiger charge is -2.22. The fourth-order valence-corrected chi connectivity index (χ4v) is 7.19. The lowest BCUT2D eigenvalue weighted by Crippen LogP contribution is -2.28. The van der Waals surface area contributed by atoms with Crippen molar-refractivity contribution in [2.24, 2.45) is 0 Å². The van der Waals surface area contributed by atoms with Crippen molar-refractivity contribution in [1.29, 1.82) is 0 Å². The Hall–Kier alpha value is -4.16. The molecule has 4 aromatic rings. The maximum absolute atomic E-state index is 15.8. The number of ether oxygens (including phenoxy) is 1. The molecule has 0 amide bonds. The summed E-state index contributed by atoms with van der Waals surface area (Å²) in [6, 6.07) is 11.0. The van der Waals surface area contributed by atoms with Crippen molar-refractivity contribution >= 4 is 26.9 Å². The van der Waals surface area contributed by atoms with Crippen LogP contribution in [0.4, 0.5) is 13.2 Å². The van der Waals surface area contributed by atoms with Gasteiger partial charge in [-0.2, -0.15) is 13.1 Å². The number of carboxylic acids is 1. The molecule has 2 heterocycles. The average Bonchev–Trinajstić information content (AvgIpc) is 3.72. The van der Waals surface area contributed by atoms with E-state index < -0.39 is 51.2 Å². The molecule has 1 atom stereocenters. The van der Waals surface area contributed by atoms with Crippen LogP contribution in [-0.2, 0) is 16.6 Å². The van der Waals surface area contributed by atoms with Crippen LogP contribution in [0.25, 0.3) is 22.0 Å². The predicted molar refractivity (Wildman–Crippen MR) is 148 cm³/mol. The number of halogens is 3. The number of carboxylic acid groups (broad SMARTS) is 1. The molecule has 1 N–H and O–H groups in total. The minimum absolute atomic E-state index is 0.0623. The van der Waals surface area contributed by atoms with Gasteiger partial charge in [-0.25, -0.2) is 17.6 Å². The van der Waals surface area contributed by atoms with Crippen LogP contribution in [0.15, 0.2) is 64.4 Å². The minimum Gasteiger partial charge on any atom is -0.477 e. The van der Waals surface area contributed by atoms with E-state index in [9.17, 15) is 31.9 Å². The molecule has 1 aromatic heterocycles. The van der Waals surface area contributed by atoms with Gasteiger partial charge in [0, 0.05) is 24.8 Å². The van der Waals surface area contributed by atoms with E-state index in [1.165, 1.54) is 27.1 Å². The van der Waals surface area contributed by atoms with Gasteiger partial charge in [0.2, 0.25) is 15.5 Å². The molecule has 1 unspecified atom stereocenters. The van der Waals surface area contributed by atoms with Gasteiger partial charge in [-0.05, 0) is 67.6 Å². The van der Waals surface area contributed by atoms with Gasteiger partial charge in [0.05, 0.1) is 21.4 Å². The Morgan fingerprint density at radius 2 is 1.79 bits per heavy atom. The van der Waals surface area contributed by atoms with Crippen molar-refractivity contribution in [3.63, 3.8) is 0 Å². The Morgan fingerprint density at radius 3 is 2.40 bits per heavy atom. The summed E-state index contributed by atoms with van der Waals surface area (Å²) in [6.07, 6.45) is 2.31. The number of hydrogen-bond donors (Lipinski definition) is 1. The number of aromatic nitrogens is 1. The second kappa shape index (κ2) is 9.99. The number of carbonyl (C=O) groups is 1. The number of rotatable bonds is 7. The van der Waals surface area contributed by atoms with E-state index in [1.54, 1.807) is 31.2 Å². The second-order valence-corrected chi connectivity index (χ2v) is 12.5. The summed E-state index contributed by atoms with van der Waals surface area (Å²) in [5, 5.41) is 9.16. The molecule has 218 valence electrons. The summed E-state index contributed by atoms with van der Waals surface area (Å²) in [6.45, 7) is 0.220. The summed E-state index contributed by atoms with van der Waals surface area (Å²) in [5.41, 5.74) is 0.191. The summed E-state index contributed by atoms with van der Waals surface area (Å²) >= 11 is 0. The molecule has 12 heteroatoms. The van der Waals surface area contributed by atoms with Gasteiger partial charge in [-0.15, -0.1) is 0 Å². The Morgan fingerprint density at radius 1 is 1.10 bits per heavy atom. The summed E-state index contributed by atoms with van der Waals surface area (Å²) in [7, 11) is -3.89. The molecule has 6 rings (SSSR count). The number of alkyl halides is 2. The zero-order valence-corrected chi connectivity index (χ0v) is 23.3. The highest BCUT2D eigenvalue weighted by atomic mass is 32.2. The SMILES string of the molecule is Cc1ccc(S(=O)(=O)N2Cc3ccc(-c4c(F)cc5c(=O)c(C(=O)O)cn(C6CC6)c5c4OC(F)F)cc3C2C)cc1. The number of pyridine rings is 1. The molecule has 0 saturated heterocycles. The van der Waals surface area contributed by atoms with Crippen molar-refractivity contribution in [3.8, 4) is 16.9 Å². The predicted octanol–water partition coefficient (Wildman–Crippen LogP) is 6.02. The normalized spacial score (nSPS) is 17.1. The Kier molecular flexibility index (Phi) is 6.65. The minimum atomic E-state index is -3.89. The highest BCUT2D eigenvalue weighted by Crippen LogP contribution is 2.46. The first-order valence-electron chi connectivity index (χ1n) is 13.2. The van der Waals surface area contributed by atoms with E-state index >= 15 is 4.39 Å². The van der Waals surface area contributed by atoms with Gasteiger partial charge in [0.15, 0.2) is 5.75 Å². The zero-order valence-electron chi connectivity index (χ0n) is 22.5. The van der Waals surface area contributed by atoms with Crippen molar-refractivity contribution < 1.29 is 36.2 Å². The van der Waals surface area contributed by atoms with Crippen LogP contribution in [0, 0.1) is 12.7 Å². The van der Waals surface area contributed by atoms with Crippen LogP contribution >= 0.6 is 0 Å². The number of hydrogen-bond acceptors (Lipinski definition) is 5. The molecule has 1 aliphatic carbocycles. The van der Waals surface area contributed by atoms with Crippen molar-refractivity contribution in [1.82, 2.24) is 8.87 Å². The maximum atomic E-state index is 15.8. The van der Waals surface area contributed by atoms with E-state index in [-0.39, 0.29) is 39.5 Å². The van der Waals surface area contributed by atoms with E-state index in [0.717, 1.165) is 17.8 Å². The Bertz CT molecular complexity index is 1940. The maximum Gasteiger partial charge on any atom is 0.387 e. The summed E-state index contributed by atoms with van der Waals surface area (Å²) in [5.74, 6) is -3.17. The third-order valence-corrected chi connectivity index (χ3v) is 9.80. The molecule has 8 nitrogen and oxygen atoms in total. The fraction of sp³-hybridized carbons (Fsp3) is 0.267. The van der Waals surface area contributed by atoms with Crippen LogP contribution in [0.2, 0.25) is 0 Å². The number of benzene rings is 3. The van der Waals surface area contributed by atoms with Crippen LogP contribution in [-0.4, -0.2) is 35.0 Å². The largest absolute Gasteiger partial charge is 0.477 e. The van der Waals surface area contributed by atoms with Gasteiger partial charge >= 0.3 is 12.6 Å². The third-order valence-electron chi connectivity index (χ3n) is 7.87. The van der Waals surface area contributed by atoms with Gasteiger partial charge in [0.25, 0.3) is 0 Å². The molecule has 1 fully saturated rings. The first kappa shape index (κ1) is 28.0. The second-order valence-electron chi connectivity index (χ2n) is 10.6. The van der Waals surface area contributed by atoms with Crippen LogP contribution in [0.3, 0.4) is 0 Å². The molecular formula is C30H25F3N2O6S. The number of nitrogens with zero attached hydrogens (tertiary/aromatic N) is 2. The Labute approximate surface area is 238 Å². The molecule has 42 heavy (non-hydrogen) atoms. The van der Waals surface area contributed by atoms with Gasteiger partial charge < -0.3 is 14.4 Å². The first-order chi connectivity index (χ1) is 19.9. The lowest BCUT2D eigenvalue weighted by atomic mass is 9.95. The van der Waals surface area contributed by atoms with E-state index in [2.05, 4.69) is 0 Å². The third kappa shape index (κ3) is 4.54. The smallest absolute Gasteiger partial charge is 0.387 e. The summed E-state index contributed by atoms with van der Waals surface area (Å²) in [4.78, 5) is 24.9. The van der Waals surface area contributed by atoms with Crippen LogP contribution in [0.5, 0.6) is 5.75 Å². The zero-order chi connectivity index (χ0) is 30.1. The fourth-order valence-electron chi connectivity index (χ4n) is 5.60. The monoisotopic (exact) mass is 598 g/mol. The highest BCUT2D eigenvalue weighted by Gasteiger charge is 2.37. The number of sulfonamides is 1. The lowest BCUT2D eigenvalue weighted by molar-refractivity contribution is -0.0487. The van der Waals surface area contributed by atoms with Gasteiger partial charge in [-0.1, -0.05) is 29.8 Å². The quantitative estimate of drug-likeness (QED) is 0.279. The van der Waals surface area contributed by atoms with Crippen molar-refractivity contribution in [2.75, 3.05) is 0 Å². The summed E-state index contributed by atoms with van der Waals surface area (Å²) < 4.78 is 77.9. The van der Waals surface area contributed by atoms with E-state index in [4.69, 9.17) is 4.74 Å².